The molecule has 3 nitrogen and oxygen atoms in total. The van der Waals surface area contributed by atoms with Gasteiger partial charge in [-0.1, -0.05) is 60.7 Å². The van der Waals surface area contributed by atoms with Crippen molar-refractivity contribution in [2.45, 2.75) is 12.5 Å². The number of nitrogens with two attached hydrogens (primary N) is 1. The molecular formula is C16H18N2O. The third-order valence-electron chi connectivity index (χ3n) is 2.94. The molecule has 98 valence electrons. The normalized spacial score (nSPS) is 10.4. The third kappa shape index (κ3) is 3.66. The first-order chi connectivity index (χ1) is 9.31. The number of carbonyl (C=O) groups excluding carboxylic acids is 1. The van der Waals surface area contributed by atoms with Crippen LogP contribution in [0.2, 0.25) is 0 Å². The smallest absolute Gasteiger partial charge is 0.222 e. The average Bonchev–Trinajstić information content (AvgIpc) is 2.47. The van der Waals surface area contributed by atoms with E-state index < -0.39 is 0 Å². The first-order valence-corrected chi connectivity index (χ1v) is 6.40. The highest BCUT2D eigenvalue weighted by atomic mass is 16.1. The molecule has 0 unspecified atom stereocenters. The Morgan fingerprint density at radius 3 is 1.84 bits per heavy atom. The molecule has 0 heterocycles. The van der Waals surface area contributed by atoms with Crippen molar-refractivity contribution in [3.63, 3.8) is 0 Å². The zero-order valence-corrected chi connectivity index (χ0v) is 10.8. The van der Waals surface area contributed by atoms with Gasteiger partial charge in [-0.3, -0.25) is 4.79 Å². The summed E-state index contributed by atoms with van der Waals surface area (Å²) in [5.74, 6) is -0.0276. The topological polar surface area (TPSA) is 55.1 Å². The fourth-order valence-electron chi connectivity index (χ4n) is 2.01. The van der Waals surface area contributed by atoms with Gasteiger partial charge in [0.25, 0.3) is 0 Å². The molecule has 0 radical (unpaired) electrons. The molecule has 2 aromatic carbocycles. The van der Waals surface area contributed by atoms with E-state index in [9.17, 15) is 4.79 Å². The lowest BCUT2D eigenvalue weighted by Crippen LogP contribution is -2.30. The van der Waals surface area contributed by atoms with Crippen LogP contribution in [0.15, 0.2) is 60.7 Å². The highest BCUT2D eigenvalue weighted by Crippen LogP contribution is 2.21. The Morgan fingerprint density at radius 2 is 1.42 bits per heavy atom. The second-order valence-corrected chi connectivity index (χ2v) is 4.36. The minimum atomic E-state index is -0.124. The molecule has 0 atom stereocenters. The van der Waals surface area contributed by atoms with Gasteiger partial charge < -0.3 is 11.1 Å². The van der Waals surface area contributed by atoms with Gasteiger partial charge in [-0.2, -0.15) is 0 Å². The largest absolute Gasteiger partial charge is 0.345 e. The lowest BCUT2D eigenvalue weighted by atomic mass is 9.98. The number of hydrogen-bond acceptors (Lipinski definition) is 2. The van der Waals surface area contributed by atoms with Crippen molar-refractivity contribution in [2.75, 3.05) is 6.54 Å². The van der Waals surface area contributed by atoms with Crippen LogP contribution in [0, 0.1) is 0 Å². The minimum Gasteiger partial charge on any atom is -0.345 e. The molecule has 1 amide bonds. The van der Waals surface area contributed by atoms with Gasteiger partial charge in [0.05, 0.1) is 6.04 Å². The summed E-state index contributed by atoms with van der Waals surface area (Å²) >= 11 is 0. The van der Waals surface area contributed by atoms with Crippen LogP contribution < -0.4 is 11.1 Å². The molecule has 0 aliphatic rings. The quantitative estimate of drug-likeness (QED) is 0.859. The lowest BCUT2D eigenvalue weighted by Gasteiger charge is -2.19. The van der Waals surface area contributed by atoms with Crippen LogP contribution in [0.3, 0.4) is 0 Å². The lowest BCUT2D eigenvalue weighted by molar-refractivity contribution is -0.121. The van der Waals surface area contributed by atoms with Gasteiger partial charge in [-0.25, -0.2) is 0 Å². The maximum absolute atomic E-state index is 11.8. The van der Waals surface area contributed by atoms with Gasteiger partial charge in [0, 0.05) is 13.0 Å². The monoisotopic (exact) mass is 254 g/mol. The molecule has 3 heteroatoms. The van der Waals surface area contributed by atoms with Crippen molar-refractivity contribution in [1.82, 2.24) is 5.32 Å². The van der Waals surface area contributed by atoms with Gasteiger partial charge in [-0.15, -0.1) is 0 Å². The number of nitrogens with one attached hydrogen (secondary N) is 1. The molecule has 0 bridgehead atoms. The van der Waals surface area contributed by atoms with Gasteiger partial charge in [0.2, 0.25) is 5.91 Å². The fourth-order valence-corrected chi connectivity index (χ4v) is 2.01. The second kappa shape index (κ2) is 6.71. The van der Waals surface area contributed by atoms with Crippen LogP contribution in [0.25, 0.3) is 0 Å². The van der Waals surface area contributed by atoms with Gasteiger partial charge >= 0.3 is 0 Å². The van der Waals surface area contributed by atoms with Crippen molar-refractivity contribution in [2.24, 2.45) is 5.73 Å². The van der Waals surface area contributed by atoms with Crippen molar-refractivity contribution < 1.29 is 4.79 Å². The van der Waals surface area contributed by atoms with Gasteiger partial charge in [0.1, 0.15) is 0 Å². The number of carbonyl (C=O) groups is 1. The molecular weight excluding hydrogens is 236 g/mol. The third-order valence-corrected chi connectivity index (χ3v) is 2.94. The van der Waals surface area contributed by atoms with Crippen LogP contribution >= 0.6 is 0 Å². The van der Waals surface area contributed by atoms with Crippen molar-refractivity contribution in [3.05, 3.63) is 71.8 Å². The van der Waals surface area contributed by atoms with E-state index >= 15 is 0 Å². The highest BCUT2D eigenvalue weighted by Gasteiger charge is 2.15. The number of benzene rings is 2. The zero-order valence-electron chi connectivity index (χ0n) is 10.8. The molecule has 0 aromatic heterocycles. The van der Waals surface area contributed by atoms with Crippen LogP contribution in [-0.4, -0.2) is 12.5 Å². The Morgan fingerprint density at radius 1 is 0.947 bits per heavy atom. The number of hydrogen-bond donors (Lipinski definition) is 2. The molecule has 0 aliphatic heterocycles. The summed E-state index contributed by atoms with van der Waals surface area (Å²) in [6, 6.07) is 19.8. The second-order valence-electron chi connectivity index (χ2n) is 4.36. The van der Waals surface area contributed by atoms with E-state index in [2.05, 4.69) is 5.32 Å². The summed E-state index contributed by atoms with van der Waals surface area (Å²) in [5, 5.41) is 3.03. The summed E-state index contributed by atoms with van der Waals surface area (Å²) in [4.78, 5) is 11.8. The summed E-state index contributed by atoms with van der Waals surface area (Å²) in [6.45, 7) is 0.363. The maximum atomic E-state index is 11.8. The molecule has 0 saturated heterocycles. The number of amides is 1. The minimum absolute atomic E-state index is 0.0276. The van der Waals surface area contributed by atoms with E-state index in [0.717, 1.165) is 11.1 Å². The molecule has 0 spiro atoms. The van der Waals surface area contributed by atoms with Crippen molar-refractivity contribution >= 4 is 5.91 Å². The predicted molar refractivity (Wildman–Crippen MR) is 76.5 cm³/mol. The average molecular weight is 254 g/mol. The Hall–Kier alpha value is -2.13. The molecule has 2 rings (SSSR count). The SMILES string of the molecule is NCCC(=O)NC(c1ccccc1)c1ccccc1. The van der Waals surface area contributed by atoms with Crippen molar-refractivity contribution in [3.8, 4) is 0 Å². The van der Waals surface area contributed by atoms with Gasteiger partial charge in [0.15, 0.2) is 0 Å². The molecule has 0 saturated carbocycles. The summed E-state index contributed by atoms with van der Waals surface area (Å²) in [6.07, 6.45) is 0.343. The van der Waals surface area contributed by atoms with E-state index in [1.807, 2.05) is 60.7 Å². The number of rotatable bonds is 5. The molecule has 3 N–H and O–H groups in total. The van der Waals surface area contributed by atoms with Crippen LogP contribution in [0.5, 0.6) is 0 Å². The molecule has 0 aliphatic carbocycles. The summed E-state index contributed by atoms with van der Waals surface area (Å²) in [7, 11) is 0. The zero-order chi connectivity index (χ0) is 13.5. The van der Waals surface area contributed by atoms with Crippen molar-refractivity contribution in [1.29, 1.82) is 0 Å². The van der Waals surface area contributed by atoms with Crippen LogP contribution in [-0.2, 0) is 4.79 Å². The van der Waals surface area contributed by atoms with E-state index in [1.54, 1.807) is 0 Å². The fraction of sp³-hybridized carbons (Fsp3) is 0.188. The standard InChI is InChI=1S/C16H18N2O/c17-12-11-15(19)18-16(13-7-3-1-4-8-13)14-9-5-2-6-10-14/h1-10,16H,11-12,17H2,(H,18,19). The first-order valence-electron chi connectivity index (χ1n) is 6.40. The molecule has 2 aromatic rings. The predicted octanol–water partition coefficient (Wildman–Crippen LogP) is 2.24. The maximum Gasteiger partial charge on any atom is 0.222 e. The van der Waals surface area contributed by atoms with E-state index in [-0.39, 0.29) is 11.9 Å². The summed E-state index contributed by atoms with van der Waals surface area (Å²) in [5.41, 5.74) is 7.56. The Balaban J connectivity index is 2.26. The Bertz CT molecular complexity index is 471. The molecule has 19 heavy (non-hydrogen) atoms. The Labute approximate surface area is 113 Å². The van der Waals surface area contributed by atoms with E-state index in [1.165, 1.54) is 0 Å². The Kier molecular flexibility index (Phi) is 4.70. The van der Waals surface area contributed by atoms with Gasteiger partial charge in [-0.05, 0) is 11.1 Å². The highest BCUT2D eigenvalue weighted by molar-refractivity contribution is 5.77. The van der Waals surface area contributed by atoms with Crippen LogP contribution in [0.1, 0.15) is 23.6 Å². The van der Waals surface area contributed by atoms with Crippen LogP contribution in [0.4, 0.5) is 0 Å². The van der Waals surface area contributed by atoms with E-state index in [4.69, 9.17) is 5.73 Å². The molecule has 0 fully saturated rings. The van der Waals surface area contributed by atoms with E-state index in [0.29, 0.717) is 13.0 Å². The summed E-state index contributed by atoms with van der Waals surface area (Å²) < 4.78 is 0. The first kappa shape index (κ1) is 13.3.